The summed E-state index contributed by atoms with van der Waals surface area (Å²) >= 11 is -0.360. The number of rotatable bonds is 2. The molecule has 120 valence electrons. The molecule has 0 N–H and O–H groups in total. The smallest absolute Gasteiger partial charge is 0.417 e. The second kappa shape index (κ2) is 5.64. The van der Waals surface area contributed by atoms with E-state index in [9.17, 15) is 0 Å². The van der Waals surface area contributed by atoms with Gasteiger partial charge in [0.2, 0.25) is 0 Å². The maximum atomic E-state index is 2.89. The summed E-state index contributed by atoms with van der Waals surface area (Å²) in [5.74, 6) is 0. The second-order valence-electron chi connectivity index (χ2n) is 9.76. The molecule has 0 amide bonds. The van der Waals surface area contributed by atoms with Crippen LogP contribution in [-0.4, -0.2) is 51.5 Å². The predicted octanol–water partition coefficient (Wildman–Crippen LogP) is 4.32. The average molecular weight is 305 g/mol. The largest absolute Gasteiger partial charge is 0.596 e. The monoisotopic (exact) mass is 304 g/mol. The number of piperidine rings is 2. The van der Waals surface area contributed by atoms with Gasteiger partial charge in [0, 0.05) is 0 Å². The summed E-state index contributed by atoms with van der Waals surface area (Å²) in [5, 5.41) is 0. The predicted molar refractivity (Wildman–Crippen MR) is 93.4 cm³/mol. The summed E-state index contributed by atoms with van der Waals surface area (Å²) in [6.45, 7) is 22.5. The molecule has 0 bridgehead atoms. The SMILES string of the molecule is CC1(C)CCC[N]([Mg][N]2CCCC(C)(C)C2(C)C)C1(C)C. The van der Waals surface area contributed by atoms with Gasteiger partial charge in [-0.1, -0.05) is 27.7 Å². The van der Waals surface area contributed by atoms with Gasteiger partial charge in [0.1, 0.15) is 0 Å². The molecule has 3 heteroatoms. The van der Waals surface area contributed by atoms with Crippen molar-refractivity contribution in [1.29, 1.82) is 0 Å². The first-order valence-electron chi connectivity index (χ1n) is 8.92. The highest BCUT2D eigenvalue weighted by Crippen LogP contribution is 2.46. The molecule has 0 aromatic carbocycles. The molecule has 0 aromatic rings. The molecule has 0 radical (unpaired) electrons. The van der Waals surface area contributed by atoms with Gasteiger partial charge < -0.3 is 6.45 Å². The van der Waals surface area contributed by atoms with Crippen molar-refractivity contribution < 1.29 is 0 Å². The van der Waals surface area contributed by atoms with E-state index in [0.29, 0.717) is 21.9 Å². The normalized spacial score (nSPS) is 31.6. The Morgan fingerprint density at radius 3 is 1.29 bits per heavy atom. The van der Waals surface area contributed by atoms with Crippen molar-refractivity contribution in [3.05, 3.63) is 0 Å². The minimum Gasteiger partial charge on any atom is -0.417 e. The molecule has 0 saturated carbocycles. The molecule has 2 rings (SSSR count). The lowest BCUT2D eigenvalue weighted by Gasteiger charge is -2.60. The standard InChI is InChI=1S/2C9H18N.Mg/c2*1-8(2)6-5-7-10-9(8,3)4;/h2*5-7H2,1-4H3;/q2*-1;+2. The van der Waals surface area contributed by atoms with Crippen LogP contribution in [-0.2, 0) is 0 Å². The molecule has 2 heterocycles. The van der Waals surface area contributed by atoms with Gasteiger partial charge in [0.25, 0.3) is 0 Å². The minimum absolute atomic E-state index is 0.342. The average Bonchev–Trinajstić information content (AvgIpc) is 2.31. The molecule has 0 spiro atoms. The van der Waals surface area contributed by atoms with E-state index in [0.717, 1.165) is 0 Å². The zero-order valence-corrected chi connectivity index (χ0v) is 17.3. The van der Waals surface area contributed by atoms with Crippen LogP contribution in [0.1, 0.15) is 81.1 Å². The highest BCUT2D eigenvalue weighted by atomic mass is 24.5. The van der Waals surface area contributed by atoms with Crippen molar-refractivity contribution >= 4 is 20.9 Å². The Kier molecular flexibility index (Phi) is 4.85. The van der Waals surface area contributed by atoms with Crippen LogP contribution < -0.4 is 0 Å². The van der Waals surface area contributed by atoms with E-state index in [1.54, 1.807) is 0 Å². The van der Waals surface area contributed by atoms with Gasteiger partial charge in [-0.15, -0.1) is 0 Å². The lowest BCUT2D eigenvalue weighted by molar-refractivity contribution is -0.00855. The maximum absolute atomic E-state index is 2.89. The molecule has 0 aromatic heterocycles. The quantitative estimate of drug-likeness (QED) is 0.701. The Balaban J connectivity index is 2.17. The van der Waals surface area contributed by atoms with Gasteiger partial charge >= 0.3 is 20.9 Å². The van der Waals surface area contributed by atoms with Crippen molar-refractivity contribution in [3.8, 4) is 0 Å². The Bertz CT molecular complexity index is 349. The van der Waals surface area contributed by atoms with E-state index >= 15 is 0 Å². The van der Waals surface area contributed by atoms with Crippen molar-refractivity contribution in [3.63, 3.8) is 0 Å². The summed E-state index contributed by atoms with van der Waals surface area (Å²) in [5.41, 5.74) is 1.56. The molecular weight excluding hydrogens is 269 g/mol. The van der Waals surface area contributed by atoms with E-state index in [1.807, 2.05) is 0 Å². The zero-order valence-electron chi connectivity index (χ0n) is 15.8. The Hall–Kier alpha value is 0.686. The fourth-order valence-corrected chi connectivity index (χ4v) is 6.86. The molecule has 2 aliphatic heterocycles. The second-order valence-corrected chi connectivity index (χ2v) is 11.6. The minimum atomic E-state index is -0.360. The van der Waals surface area contributed by atoms with Gasteiger partial charge in [0.05, 0.1) is 0 Å². The van der Waals surface area contributed by atoms with E-state index < -0.39 is 0 Å². The third-order valence-corrected chi connectivity index (χ3v) is 10.6. The third kappa shape index (κ3) is 3.05. The van der Waals surface area contributed by atoms with Crippen LogP contribution in [0.4, 0.5) is 0 Å². The van der Waals surface area contributed by atoms with E-state index in [-0.39, 0.29) is 20.9 Å². The van der Waals surface area contributed by atoms with Gasteiger partial charge in [-0.25, -0.2) is 0 Å². The van der Waals surface area contributed by atoms with Gasteiger partial charge in [0.15, 0.2) is 0 Å². The Labute approximate surface area is 143 Å². The molecule has 0 aliphatic carbocycles. The summed E-state index contributed by atoms with van der Waals surface area (Å²) in [7, 11) is 0. The molecular formula is C18H36MgN2. The summed E-state index contributed by atoms with van der Waals surface area (Å²) in [6, 6.07) is 0. The molecule has 0 atom stereocenters. The van der Waals surface area contributed by atoms with Gasteiger partial charge in [-0.3, -0.25) is 0 Å². The van der Waals surface area contributed by atoms with Crippen molar-refractivity contribution in [2.75, 3.05) is 13.1 Å². The molecule has 2 aliphatic rings. The van der Waals surface area contributed by atoms with E-state index in [2.05, 4.69) is 61.8 Å². The molecule has 0 unspecified atom stereocenters. The number of hydrogen-bond acceptors (Lipinski definition) is 2. The van der Waals surface area contributed by atoms with Crippen LogP contribution in [0, 0.1) is 10.8 Å². The third-order valence-electron chi connectivity index (χ3n) is 7.69. The number of hydrogen-bond donors (Lipinski definition) is 0. The van der Waals surface area contributed by atoms with E-state index in [1.165, 1.54) is 38.8 Å². The fourth-order valence-electron chi connectivity index (χ4n) is 4.15. The van der Waals surface area contributed by atoms with E-state index in [4.69, 9.17) is 0 Å². The fraction of sp³-hybridized carbons (Fsp3) is 1.00. The van der Waals surface area contributed by atoms with Gasteiger partial charge in [-0.05, 0) is 88.4 Å². The maximum Gasteiger partial charge on any atom is 0.596 e. The van der Waals surface area contributed by atoms with Crippen LogP contribution in [0.3, 0.4) is 0 Å². The molecule has 2 nitrogen and oxygen atoms in total. The van der Waals surface area contributed by atoms with Crippen molar-refractivity contribution in [1.82, 2.24) is 6.45 Å². The first-order valence-corrected chi connectivity index (χ1v) is 10.2. The highest BCUT2D eigenvalue weighted by Gasteiger charge is 2.49. The molecule has 21 heavy (non-hydrogen) atoms. The van der Waals surface area contributed by atoms with Gasteiger partial charge in [-0.2, -0.15) is 0 Å². The Morgan fingerprint density at radius 1 is 0.619 bits per heavy atom. The van der Waals surface area contributed by atoms with Crippen molar-refractivity contribution in [2.24, 2.45) is 10.8 Å². The highest BCUT2D eigenvalue weighted by molar-refractivity contribution is 6.29. The summed E-state index contributed by atoms with van der Waals surface area (Å²) < 4.78 is 5.78. The van der Waals surface area contributed by atoms with Crippen LogP contribution in [0.15, 0.2) is 0 Å². The lowest BCUT2D eigenvalue weighted by Crippen LogP contribution is -2.67. The lowest BCUT2D eigenvalue weighted by atomic mass is 9.69. The first-order chi connectivity index (χ1) is 9.42. The topological polar surface area (TPSA) is 6.48 Å². The van der Waals surface area contributed by atoms with Crippen LogP contribution in [0.2, 0.25) is 0 Å². The summed E-state index contributed by atoms with van der Waals surface area (Å²) in [4.78, 5) is 0. The molecule has 2 saturated heterocycles. The van der Waals surface area contributed by atoms with Crippen LogP contribution >= 0.6 is 0 Å². The van der Waals surface area contributed by atoms with Crippen molar-refractivity contribution in [2.45, 2.75) is 92.2 Å². The zero-order chi connectivity index (χ0) is 16.1. The molecule has 2 fully saturated rings. The van der Waals surface area contributed by atoms with Crippen LogP contribution in [0.25, 0.3) is 0 Å². The summed E-state index contributed by atoms with van der Waals surface area (Å²) in [6.07, 6.45) is 5.50. The number of nitrogens with zero attached hydrogens (tertiary/aromatic N) is 2. The Morgan fingerprint density at radius 2 is 0.952 bits per heavy atom. The van der Waals surface area contributed by atoms with Crippen LogP contribution in [0.5, 0.6) is 0 Å². The first kappa shape index (κ1) is 18.0.